The van der Waals surface area contributed by atoms with E-state index in [1.54, 1.807) is 23.3 Å². The molecule has 3 aromatic heterocycles. The first kappa shape index (κ1) is 22.6. The molecule has 0 spiro atoms. The molecule has 0 aliphatic heterocycles. The van der Waals surface area contributed by atoms with Crippen LogP contribution in [-0.2, 0) is 13.6 Å². The summed E-state index contributed by atoms with van der Waals surface area (Å²) in [5.74, 6) is -0.212. The van der Waals surface area contributed by atoms with Crippen molar-refractivity contribution in [1.82, 2.24) is 19.7 Å². The first-order chi connectivity index (χ1) is 17.0. The highest BCUT2D eigenvalue weighted by molar-refractivity contribution is 6.30. The summed E-state index contributed by atoms with van der Waals surface area (Å²) in [7, 11) is 3.75. The van der Waals surface area contributed by atoms with E-state index in [9.17, 15) is 4.79 Å². The minimum absolute atomic E-state index is 0.212. The summed E-state index contributed by atoms with van der Waals surface area (Å²) in [4.78, 5) is 23.8. The minimum Gasteiger partial charge on any atom is -0.369 e. The number of nitrogens with zero attached hydrogens (tertiary/aromatic N) is 5. The summed E-state index contributed by atoms with van der Waals surface area (Å²) in [6.07, 6.45) is 5.13. The lowest BCUT2D eigenvalue weighted by molar-refractivity contribution is 0.102. The molecule has 1 N–H and O–H groups in total. The highest BCUT2D eigenvalue weighted by atomic mass is 35.5. The van der Waals surface area contributed by atoms with E-state index in [1.807, 2.05) is 85.7 Å². The average molecular weight is 483 g/mol. The fourth-order valence-electron chi connectivity index (χ4n) is 4.09. The molecule has 0 aliphatic carbocycles. The Kier molecular flexibility index (Phi) is 6.16. The zero-order valence-electron chi connectivity index (χ0n) is 19.3. The number of aryl methyl sites for hydroxylation is 1. The van der Waals surface area contributed by atoms with Gasteiger partial charge in [-0.2, -0.15) is 5.10 Å². The zero-order chi connectivity index (χ0) is 24.4. The van der Waals surface area contributed by atoms with Gasteiger partial charge < -0.3 is 10.2 Å². The Labute approximate surface area is 208 Å². The van der Waals surface area contributed by atoms with E-state index in [4.69, 9.17) is 11.6 Å². The molecule has 0 aliphatic rings. The highest BCUT2D eigenvalue weighted by Crippen LogP contribution is 2.31. The third-order valence-corrected chi connectivity index (χ3v) is 6.30. The molecule has 7 nitrogen and oxygen atoms in total. The molecular weight excluding hydrogens is 460 g/mol. The van der Waals surface area contributed by atoms with Gasteiger partial charge in [0.05, 0.1) is 28.7 Å². The second kappa shape index (κ2) is 9.56. The van der Waals surface area contributed by atoms with E-state index < -0.39 is 0 Å². The highest BCUT2D eigenvalue weighted by Gasteiger charge is 2.20. The van der Waals surface area contributed by atoms with E-state index in [1.165, 1.54) is 0 Å². The van der Waals surface area contributed by atoms with Gasteiger partial charge in [0.25, 0.3) is 5.91 Å². The summed E-state index contributed by atoms with van der Waals surface area (Å²) in [6, 6.07) is 21.0. The summed E-state index contributed by atoms with van der Waals surface area (Å²) in [6.45, 7) is 0.464. The monoisotopic (exact) mass is 482 g/mol. The summed E-state index contributed by atoms with van der Waals surface area (Å²) in [5, 5.41) is 9.11. The quantitative estimate of drug-likeness (QED) is 0.342. The molecule has 5 rings (SSSR count). The Morgan fingerprint density at radius 2 is 1.80 bits per heavy atom. The molecule has 0 radical (unpaired) electrons. The predicted octanol–water partition coefficient (Wildman–Crippen LogP) is 5.57. The SMILES string of the molecule is CN(Cc1c(-c2ccncc2)nn(C)c1Cl)c1ccccc1C(=O)Nc1cnc2ccccc2c1. The van der Waals surface area contributed by atoms with Crippen molar-refractivity contribution in [2.24, 2.45) is 7.05 Å². The van der Waals surface area contributed by atoms with Crippen LogP contribution in [0.4, 0.5) is 11.4 Å². The lowest BCUT2D eigenvalue weighted by atomic mass is 10.1. The van der Waals surface area contributed by atoms with Crippen LogP contribution in [0.2, 0.25) is 5.15 Å². The van der Waals surface area contributed by atoms with Gasteiger partial charge in [-0.15, -0.1) is 0 Å². The van der Waals surface area contributed by atoms with Gasteiger partial charge in [0.1, 0.15) is 5.15 Å². The molecule has 0 fully saturated rings. The van der Waals surface area contributed by atoms with Crippen LogP contribution in [0.3, 0.4) is 0 Å². The van der Waals surface area contributed by atoms with Crippen LogP contribution in [-0.4, -0.2) is 32.7 Å². The number of rotatable bonds is 6. The molecule has 0 saturated heterocycles. The number of benzene rings is 2. The number of anilines is 2. The third kappa shape index (κ3) is 4.58. The number of nitrogens with one attached hydrogen (secondary N) is 1. The zero-order valence-corrected chi connectivity index (χ0v) is 20.1. The van der Waals surface area contributed by atoms with Crippen LogP contribution in [0.5, 0.6) is 0 Å². The summed E-state index contributed by atoms with van der Waals surface area (Å²) in [5.41, 5.74) is 5.44. The molecule has 2 aromatic carbocycles. The van der Waals surface area contributed by atoms with Gasteiger partial charge in [-0.1, -0.05) is 41.9 Å². The van der Waals surface area contributed by atoms with Crippen molar-refractivity contribution in [2.45, 2.75) is 6.54 Å². The van der Waals surface area contributed by atoms with Gasteiger partial charge in [-0.25, -0.2) is 0 Å². The predicted molar refractivity (Wildman–Crippen MR) is 140 cm³/mol. The van der Waals surface area contributed by atoms with Gasteiger partial charge in [-0.05, 0) is 36.4 Å². The summed E-state index contributed by atoms with van der Waals surface area (Å²) < 4.78 is 1.66. The number of hydrogen-bond acceptors (Lipinski definition) is 5. The molecule has 174 valence electrons. The van der Waals surface area contributed by atoms with Crippen LogP contribution in [0.25, 0.3) is 22.2 Å². The first-order valence-electron chi connectivity index (χ1n) is 11.1. The van der Waals surface area contributed by atoms with E-state index in [-0.39, 0.29) is 5.91 Å². The van der Waals surface area contributed by atoms with Crippen LogP contribution in [0.1, 0.15) is 15.9 Å². The lowest BCUT2D eigenvalue weighted by Crippen LogP contribution is -2.22. The second-order valence-electron chi connectivity index (χ2n) is 8.22. The van der Waals surface area contributed by atoms with Gasteiger partial charge in [0.2, 0.25) is 0 Å². The number of amides is 1. The first-order valence-corrected chi connectivity index (χ1v) is 11.5. The molecule has 8 heteroatoms. The van der Waals surface area contributed by atoms with E-state index >= 15 is 0 Å². The molecule has 0 saturated carbocycles. The second-order valence-corrected chi connectivity index (χ2v) is 8.58. The maximum absolute atomic E-state index is 13.3. The standard InChI is InChI=1S/C27H23ClN6O/c1-33(17-22-25(32-34(2)26(22)28)18-11-13-29-14-12-18)24-10-6-4-8-21(24)27(35)31-20-15-19-7-3-5-9-23(19)30-16-20/h3-16H,17H2,1-2H3,(H,31,35). The van der Waals surface area contributed by atoms with E-state index in [2.05, 4.69) is 20.4 Å². The number of pyridine rings is 2. The molecule has 35 heavy (non-hydrogen) atoms. The average Bonchev–Trinajstić information content (AvgIpc) is 3.17. The Hall–Kier alpha value is -4.23. The van der Waals surface area contributed by atoms with Crippen molar-refractivity contribution < 1.29 is 4.79 Å². The van der Waals surface area contributed by atoms with Crippen molar-refractivity contribution in [3.05, 3.63) is 102 Å². The van der Waals surface area contributed by atoms with Gasteiger partial charge in [0, 0.05) is 55.2 Å². The van der Waals surface area contributed by atoms with Crippen LogP contribution < -0.4 is 10.2 Å². The van der Waals surface area contributed by atoms with Gasteiger partial charge >= 0.3 is 0 Å². The van der Waals surface area contributed by atoms with Crippen LogP contribution >= 0.6 is 11.6 Å². The number of carbonyl (C=O) groups is 1. The normalized spacial score (nSPS) is 10.9. The van der Waals surface area contributed by atoms with Crippen LogP contribution in [0.15, 0.2) is 85.3 Å². The number of hydrogen-bond donors (Lipinski definition) is 1. The van der Waals surface area contributed by atoms with Gasteiger partial charge in [0.15, 0.2) is 0 Å². The minimum atomic E-state index is -0.212. The fourth-order valence-corrected chi connectivity index (χ4v) is 4.27. The number of halogens is 1. The van der Waals surface area contributed by atoms with Crippen molar-refractivity contribution >= 4 is 39.8 Å². The van der Waals surface area contributed by atoms with Crippen LogP contribution in [0, 0.1) is 0 Å². The molecule has 0 unspecified atom stereocenters. The van der Waals surface area contributed by atoms with Crippen molar-refractivity contribution in [3.63, 3.8) is 0 Å². The number of aromatic nitrogens is 4. The fraction of sp³-hybridized carbons (Fsp3) is 0.111. The van der Waals surface area contributed by atoms with E-state index in [0.717, 1.165) is 33.4 Å². The summed E-state index contributed by atoms with van der Waals surface area (Å²) >= 11 is 6.62. The Bertz CT molecular complexity index is 1520. The third-order valence-electron chi connectivity index (χ3n) is 5.83. The topological polar surface area (TPSA) is 75.9 Å². The Morgan fingerprint density at radius 1 is 1.06 bits per heavy atom. The smallest absolute Gasteiger partial charge is 0.257 e. The van der Waals surface area contributed by atoms with E-state index in [0.29, 0.717) is 22.9 Å². The number of para-hydroxylation sites is 2. The molecule has 0 bridgehead atoms. The Balaban J connectivity index is 1.43. The van der Waals surface area contributed by atoms with Gasteiger partial charge in [-0.3, -0.25) is 19.4 Å². The molecular formula is C27H23ClN6O. The maximum Gasteiger partial charge on any atom is 0.257 e. The molecule has 5 aromatic rings. The molecule has 1 amide bonds. The van der Waals surface area contributed by atoms with Crippen molar-refractivity contribution in [3.8, 4) is 11.3 Å². The molecule has 3 heterocycles. The molecule has 0 atom stereocenters. The number of fused-ring (bicyclic) bond motifs is 1. The lowest BCUT2D eigenvalue weighted by Gasteiger charge is -2.22. The Morgan fingerprint density at radius 3 is 2.63 bits per heavy atom. The largest absolute Gasteiger partial charge is 0.369 e. The van der Waals surface area contributed by atoms with Crippen molar-refractivity contribution in [1.29, 1.82) is 0 Å². The van der Waals surface area contributed by atoms with Crippen molar-refractivity contribution in [2.75, 3.05) is 17.3 Å². The number of carbonyl (C=O) groups excluding carboxylic acids is 1. The maximum atomic E-state index is 13.3.